The van der Waals surface area contributed by atoms with Gasteiger partial charge in [-0.1, -0.05) is 24.0 Å². The summed E-state index contributed by atoms with van der Waals surface area (Å²) in [7, 11) is 0. The SMILES string of the molecule is C[C@@H](O)[C@H](NCc1ccc(C#Cc2ccc(NC(=O)CNC(=O)c3ccc(O)c(O)c3)cc2)cc1)C(=O)NO. The van der Waals surface area contributed by atoms with Crippen molar-refractivity contribution in [2.24, 2.45) is 0 Å². The molecule has 0 aliphatic heterocycles. The Bertz CT molecular complexity index is 1380. The van der Waals surface area contributed by atoms with Crippen molar-refractivity contribution in [3.05, 3.63) is 89.0 Å². The van der Waals surface area contributed by atoms with Gasteiger partial charge in [-0.2, -0.15) is 0 Å². The summed E-state index contributed by atoms with van der Waals surface area (Å²) in [5, 5.41) is 45.2. The van der Waals surface area contributed by atoms with E-state index in [2.05, 4.69) is 27.8 Å². The molecular weight excluding hydrogens is 504 g/mol. The minimum Gasteiger partial charge on any atom is -0.504 e. The second-order valence-electron chi connectivity index (χ2n) is 8.53. The van der Waals surface area contributed by atoms with Crippen LogP contribution < -0.4 is 21.4 Å². The van der Waals surface area contributed by atoms with E-state index in [9.17, 15) is 29.7 Å². The van der Waals surface area contributed by atoms with Crippen LogP contribution >= 0.6 is 0 Å². The molecule has 202 valence electrons. The molecule has 0 bridgehead atoms. The van der Waals surface area contributed by atoms with Crippen LogP contribution in [0.3, 0.4) is 0 Å². The number of aromatic hydroxyl groups is 2. The first-order chi connectivity index (χ1) is 18.7. The quantitative estimate of drug-likeness (QED) is 0.0876. The van der Waals surface area contributed by atoms with Crippen LogP contribution in [0.4, 0.5) is 5.69 Å². The van der Waals surface area contributed by atoms with E-state index in [4.69, 9.17) is 5.21 Å². The smallest absolute Gasteiger partial charge is 0.263 e. The van der Waals surface area contributed by atoms with E-state index >= 15 is 0 Å². The van der Waals surface area contributed by atoms with Gasteiger partial charge in [-0.05, 0) is 67.1 Å². The van der Waals surface area contributed by atoms with Gasteiger partial charge in [0, 0.05) is 28.9 Å². The summed E-state index contributed by atoms with van der Waals surface area (Å²) in [5.41, 5.74) is 4.48. The zero-order valence-corrected chi connectivity index (χ0v) is 20.9. The van der Waals surface area contributed by atoms with Crippen molar-refractivity contribution >= 4 is 23.4 Å². The largest absolute Gasteiger partial charge is 0.504 e. The van der Waals surface area contributed by atoms with Crippen LogP contribution in [-0.4, -0.2) is 56.9 Å². The van der Waals surface area contributed by atoms with Crippen molar-refractivity contribution in [1.29, 1.82) is 0 Å². The molecule has 0 aromatic heterocycles. The summed E-state index contributed by atoms with van der Waals surface area (Å²) >= 11 is 0. The summed E-state index contributed by atoms with van der Waals surface area (Å²) in [5.74, 6) is 3.54. The number of nitrogens with one attached hydrogen (secondary N) is 4. The minimum atomic E-state index is -0.990. The molecule has 3 aromatic carbocycles. The molecule has 11 heteroatoms. The summed E-state index contributed by atoms with van der Waals surface area (Å²) < 4.78 is 0. The normalized spacial score (nSPS) is 11.9. The highest BCUT2D eigenvalue weighted by molar-refractivity contribution is 5.99. The number of phenolic OH excluding ortho intramolecular Hbond substituents is 2. The van der Waals surface area contributed by atoms with Crippen LogP contribution in [0, 0.1) is 11.8 Å². The Hall–Kier alpha value is -4.89. The lowest BCUT2D eigenvalue weighted by atomic mass is 10.1. The van der Waals surface area contributed by atoms with Crippen LogP contribution in [0.5, 0.6) is 11.5 Å². The number of carbonyl (C=O) groups is 3. The summed E-state index contributed by atoms with van der Waals surface area (Å²) in [4.78, 5) is 35.9. The fraction of sp³-hybridized carbons (Fsp3) is 0.179. The van der Waals surface area contributed by atoms with Crippen molar-refractivity contribution in [3.8, 4) is 23.3 Å². The van der Waals surface area contributed by atoms with E-state index in [1.807, 2.05) is 24.3 Å². The topological polar surface area (TPSA) is 180 Å². The number of hydrogen-bond acceptors (Lipinski definition) is 8. The molecule has 0 radical (unpaired) electrons. The highest BCUT2D eigenvalue weighted by atomic mass is 16.5. The summed E-state index contributed by atoms with van der Waals surface area (Å²) in [6, 6.07) is 16.8. The van der Waals surface area contributed by atoms with Gasteiger partial charge in [0.2, 0.25) is 5.91 Å². The zero-order valence-electron chi connectivity index (χ0n) is 20.9. The molecule has 0 saturated heterocycles. The zero-order chi connectivity index (χ0) is 28.4. The van der Waals surface area contributed by atoms with E-state index in [0.29, 0.717) is 17.8 Å². The molecule has 3 amide bonds. The molecular formula is C28H28N4O7. The van der Waals surface area contributed by atoms with E-state index < -0.39 is 35.6 Å². The average molecular weight is 533 g/mol. The Labute approximate surface area is 224 Å². The molecule has 0 saturated carbocycles. The van der Waals surface area contributed by atoms with Gasteiger partial charge < -0.3 is 26.0 Å². The average Bonchev–Trinajstić information content (AvgIpc) is 2.93. The number of aliphatic hydroxyl groups excluding tert-OH is 1. The maximum absolute atomic E-state index is 12.2. The molecule has 0 aliphatic carbocycles. The van der Waals surface area contributed by atoms with E-state index in [1.54, 1.807) is 24.3 Å². The van der Waals surface area contributed by atoms with Crippen LogP contribution in [0.25, 0.3) is 0 Å². The van der Waals surface area contributed by atoms with Crippen molar-refractivity contribution in [1.82, 2.24) is 16.1 Å². The molecule has 0 spiro atoms. The third-order valence-electron chi connectivity index (χ3n) is 5.52. The summed E-state index contributed by atoms with van der Waals surface area (Å²) in [6.07, 6.45) is -0.990. The van der Waals surface area contributed by atoms with Gasteiger partial charge in [0.25, 0.3) is 11.8 Å². The van der Waals surface area contributed by atoms with E-state index in [-0.39, 0.29) is 17.9 Å². The van der Waals surface area contributed by atoms with Crippen molar-refractivity contribution in [2.75, 3.05) is 11.9 Å². The molecule has 0 aliphatic rings. The number of aliphatic hydroxyl groups is 1. The lowest BCUT2D eigenvalue weighted by Gasteiger charge is -2.19. The number of rotatable bonds is 9. The first-order valence-corrected chi connectivity index (χ1v) is 11.8. The Morgan fingerprint density at radius 3 is 2.05 bits per heavy atom. The molecule has 3 aromatic rings. The third-order valence-corrected chi connectivity index (χ3v) is 5.52. The number of amides is 3. The maximum Gasteiger partial charge on any atom is 0.263 e. The van der Waals surface area contributed by atoms with Gasteiger partial charge in [0.05, 0.1) is 12.6 Å². The predicted molar refractivity (Wildman–Crippen MR) is 142 cm³/mol. The number of hydroxylamine groups is 1. The van der Waals surface area contributed by atoms with Crippen molar-refractivity contribution in [3.63, 3.8) is 0 Å². The number of benzene rings is 3. The van der Waals surface area contributed by atoms with E-state index in [1.165, 1.54) is 24.5 Å². The Morgan fingerprint density at radius 1 is 0.872 bits per heavy atom. The fourth-order valence-electron chi connectivity index (χ4n) is 3.40. The highest BCUT2D eigenvalue weighted by Gasteiger charge is 2.22. The molecule has 3 rings (SSSR count). The standard InChI is InChI=1S/C28H28N4O7/c1-17(33)26(28(38)32-39)29-15-20-6-4-18(5-7-20)2-3-19-8-11-22(12-9-19)31-25(36)16-30-27(37)21-10-13-23(34)24(35)14-21/h4-14,17,26,29,33-35,39H,15-16H2,1H3,(H,30,37)(H,31,36)(H,32,38)/t17-,26+/m1/s1. The van der Waals surface area contributed by atoms with Gasteiger partial charge in [-0.3, -0.25) is 24.9 Å². The lowest BCUT2D eigenvalue weighted by molar-refractivity contribution is -0.134. The molecule has 0 heterocycles. The lowest BCUT2D eigenvalue weighted by Crippen LogP contribution is -2.49. The monoisotopic (exact) mass is 532 g/mol. The predicted octanol–water partition coefficient (Wildman–Crippen LogP) is 1.21. The number of anilines is 1. The van der Waals surface area contributed by atoms with Crippen LogP contribution in [0.2, 0.25) is 0 Å². The number of phenols is 2. The summed E-state index contributed by atoms with van der Waals surface area (Å²) in [6.45, 7) is 1.45. The van der Waals surface area contributed by atoms with Gasteiger partial charge >= 0.3 is 0 Å². The van der Waals surface area contributed by atoms with Gasteiger partial charge in [0.15, 0.2) is 11.5 Å². The number of hydrogen-bond donors (Lipinski definition) is 8. The van der Waals surface area contributed by atoms with Crippen LogP contribution in [0.15, 0.2) is 66.7 Å². The molecule has 0 fully saturated rings. The second kappa shape index (κ2) is 13.6. The highest BCUT2D eigenvalue weighted by Crippen LogP contribution is 2.24. The second-order valence-corrected chi connectivity index (χ2v) is 8.53. The first kappa shape index (κ1) is 28.7. The molecule has 2 atom stereocenters. The fourth-order valence-corrected chi connectivity index (χ4v) is 3.40. The van der Waals surface area contributed by atoms with Crippen LogP contribution in [-0.2, 0) is 16.1 Å². The third kappa shape index (κ3) is 8.58. The van der Waals surface area contributed by atoms with Gasteiger partial charge in [0.1, 0.15) is 6.04 Å². The van der Waals surface area contributed by atoms with Gasteiger partial charge in [-0.15, -0.1) is 0 Å². The molecule has 0 unspecified atom stereocenters. The minimum absolute atomic E-state index is 0.101. The molecule has 39 heavy (non-hydrogen) atoms. The number of carbonyl (C=O) groups excluding carboxylic acids is 3. The van der Waals surface area contributed by atoms with Crippen molar-refractivity contribution < 1.29 is 34.9 Å². The Kier molecular flexibility index (Phi) is 10.00. The molecule has 11 nitrogen and oxygen atoms in total. The first-order valence-electron chi connectivity index (χ1n) is 11.8. The molecule has 8 N–H and O–H groups in total. The maximum atomic E-state index is 12.2. The Morgan fingerprint density at radius 2 is 1.49 bits per heavy atom. The van der Waals surface area contributed by atoms with Gasteiger partial charge in [-0.25, -0.2) is 5.48 Å². The van der Waals surface area contributed by atoms with Crippen LogP contribution in [0.1, 0.15) is 34.0 Å². The van der Waals surface area contributed by atoms with E-state index in [0.717, 1.165) is 17.2 Å². The Balaban J connectivity index is 1.49. The van der Waals surface area contributed by atoms with Crippen molar-refractivity contribution in [2.45, 2.75) is 25.6 Å².